The van der Waals surface area contributed by atoms with Gasteiger partial charge in [-0.2, -0.15) is 5.10 Å². The molecule has 0 saturated heterocycles. The third-order valence-corrected chi connectivity index (χ3v) is 4.18. The summed E-state index contributed by atoms with van der Waals surface area (Å²) in [5.41, 5.74) is 6.28. The number of nitrogens with one attached hydrogen (secondary N) is 1. The first kappa shape index (κ1) is 16.9. The Morgan fingerprint density at radius 2 is 2.04 bits per heavy atom. The number of imidazole rings is 1. The highest BCUT2D eigenvalue weighted by atomic mass is 16.2. The van der Waals surface area contributed by atoms with Gasteiger partial charge in [0.1, 0.15) is 5.82 Å². The molecule has 3 rings (SSSR count). The van der Waals surface area contributed by atoms with Crippen molar-refractivity contribution in [3.8, 4) is 0 Å². The Hall–Kier alpha value is -2.95. The Morgan fingerprint density at radius 3 is 2.80 bits per heavy atom. The first-order valence-electron chi connectivity index (χ1n) is 8.51. The number of hydrogen-bond donors (Lipinski definition) is 1. The Balaban J connectivity index is 1.59. The monoisotopic (exact) mass is 334 g/mol. The highest BCUT2D eigenvalue weighted by molar-refractivity contribution is 5.97. The lowest BCUT2D eigenvalue weighted by Gasteiger charge is -2.03. The van der Waals surface area contributed by atoms with E-state index in [4.69, 9.17) is 0 Å². The summed E-state index contributed by atoms with van der Waals surface area (Å²) >= 11 is 0. The number of amides is 1. The van der Waals surface area contributed by atoms with Gasteiger partial charge in [0, 0.05) is 18.3 Å². The van der Waals surface area contributed by atoms with Gasteiger partial charge in [-0.1, -0.05) is 30.3 Å². The minimum Gasteiger partial charge on any atom is -0.329 e. The predicted octanol–water partition coefficient (Wildman–Crippen LogP) is 3.71. The lowest BCUT2D eigenvalue weighted by molar-refractivity contribution is 0.0955. The van der Waals surface area contributed by atoms with Crippen molar-refractivity contribution in [2.75, 3.05) is 0 Å². The molecule has 0 atom stereocenters. The highest BCUT2D eigenvalue weighted by Gasteiger charge is 2.10. The number of aromatic nitrogens is 2. The third-order valence-electron chi connectivity index (χ3n) is 4.18. The third kappa shape index (κ3) is 3.94. The molecule has 1 N–H and O–H groups in total. The number of fused-ring (bicyclic) bond motifs is 1. The van der Waals surface area contributed by atoms with Crippen LogP contribution in [0.2, 0.25) is 0 Å². The number of hydrazone groups is 1. The van der Waals surface area contributed by atoms with Gasteiger partial charge in [0.05, 0.1) is 11.0 Å². The van der Waals surface area contributed by atoms with E-state index in [-0.39, 0.29) is 5.91 Å². The number of nitrogens with zero attached hydrogens (tertiary/aromatic N) is 3. The predicted molar refractivity (Wildman–Crippen MR) is 101 cm³/mol. The van der Waals surface area contributed by atoms with E-state index in [0.29, 0.717) is 5.56 Å². The second kappa shape index (κ2) is 7.75. The van der Waals surface area contributed by atoms with Crippen LogP contribution < -0.4 is 5.43 Å². The number of carbonyl (C=O) groups excluding carboxylic acids is 1. The normalized spacial score (nSPS) is 11.3. The maximum absolute atomic E-state index is 12.2. The number of hydrogen-bond acceptors (Lipinski definition) is 3. The topological polar surface area (TPSA) is 59.3 Å². The molecule has 5 nitrogen and oxygen atoms in total. The van der Waals surface area contributed by atoms with E-state index in [2.05, 4.69) is 39.1 Å². The van der Waals surface area contributed by atoms with E-state index in [9.17, 15) is 4.79 Å². The summed E-state index contributed by atoms with van der Waals surface area (Å²) in [5, 5.41) is 4.03. The quantitative estimate of drug-likeness (QED) is 0.552. The molecule has 0 aliphatic rings. The number of rotatable bonds is 6. The Morgan fingerprint density at radius 1 is 1.24 bits per heavy atom. The molecule has 25 heavy (non-hydrogen) atoms. The molecule has 0 radical (unpaired) electrons. The summed E-state index contributed by atoms with van der Waals surface area (Å²) in [7, 11) is 0. The molecule has 0 aliphatic carbocycles. The molecular weight excluding hydrogens is 312 g/mol. The summed E-state index contributed by atoms with van der Waals surface area (Å²) in [6.45, 7) is 4.92. The van der Waals surface area contributed by atoms with Crippen molar-refractivity contribution < 1.29 is 4.79 Å². The molecule has 5 heteroatoms. The van der Waals surface area contributed by atoms with Crippen LogP contribution in [0, 0.1) is 6.92 Å². The minimum atomic E-state index is -0.221. The van der Waals surface area contributed by atoms with E-state index >= 15 is 0 Å². The molecule has 1 amide bonds. The second-order valence-electron chi connectivity index (χ2n) is 5.88. The van der Waals surface area contributed by atoms with Gasteiger partial charge in [0.15, 0.2) is 0 Å². The Labute approximate surface area is 147 Å². The Bertz CT molecular complexity index is 897. The van der Waals surface area contributed by atoms with Crippen molar-refractivity contribution in [1.29, 1.82) is 0 Å². The molecule has 0 aliphatic heterocycles. The molecule has 0 unspecified atom stereocenters. The van der Waals surface area contributed by atoms with Crippen molar-refractivity contribution in [1.82, 2.24) is 15.0 Å². The first-order chi connectivity index (χ1) is 12.2. The lowest BCUT2D eigenvalue weighted by Crippen LogP contribution is -2.17. The molecule has 1 heterocycles. The fraction of sp³-hybridized carbons (Fsp3) is 0.250. The van der Waals surface area contributed by atoms with Crippen LogP contribution >= 0.6 is 0 Å². The zero-order valence-corrected chi connectivity index (χ0v) is 14.6. The largest absolute Gasteiger partial charge is 0.329 e. The van der Waals surface area contributed by atoms with Crippen molar-refractivity contribution in [3.05, 3.63) is 65.5 Å². The SMILES string of the molecule is CCn1c(C)nc2cc(C(=O)N/N=C\CCc3ccccc3)ccc21. The molecule has 0 bridgehead atoms. The summed E-state index contributed by atoms with van der Waals surface area (Å²) in [4.78, 5) is 16.7. The van der Waals surface area contributed by atoms with Crippen molar-refractivity contribution in [2.24, 2.45) is 5.10 Å². The second-order valence-corrected chi connectivity index (χ2v) is 5.88. The zero-order valence-electron chi connectivity index (χ0n) is 14.6. The van der Waals surface area contributed by atoms with E-state index in [1.54, 1.807) is 6.21 Å². The molecule has 0 spiro atoms. The van der Waals surface area contributed by atoms with Crippen LogP contribution in [0.5, 0.6) is 0 Å². The van der Waals surface area contributed by atoms with Gasteiger partial charge in [0.2, 0.25) is 0 Å². The lowest BCUT2D eigenvalue weighted by atomic mass is 10.1. The van der Waals surface area contributed by atoms with E-state index in [1.807, 2.05) is 43.3 Å². The van der Waals surface area contributed by atoms with Gasteiger partial charge in [-0.05, 0) is 50.5 Å². The van der Waals surface area contributed by atoms with E-state index in [1.165, 1.54) is 5.56 Å². The van der Waals surface area contributed by atoms with Crippen LogP contribution in [0.25, 0.3) is 11.0 Å². The van der Waals surface area contributed by atoms with Gasteiger partial charge < -0.3 is 4.57 Å². The molecule has 3 aromatic rings. The maximum atomic E-state index is 12.2. The van der Waals surface area contributed by atoms with Crippen LogP contribution in [-0.2, 0) is 13.0 Å². The van der Waals surface area contributed by atoms with Crippen molar-refractivity contribution >= 4 is 23.2 Å². The van der Waals surface area contributed by atoms with E-state index < -0.39 is 0 Å². The molecular formula is C20H22N4O. The van der Waals surface area contributed by atoms with Gasteiger partial charge in [-0.25, -0.2) is 10.4 Å². The fourth-order valence-corrected chi connectivity index (χ4v) is 2.90. The summed E-state index contributed by atoms with van der Waals surface area (Å²) in [6, 6.07) is 15.8. The van der Waals surface area contributed by atoms with Crippen LogP contribution in [-0.4, -0.2) is 21.7 Å². The van der Waals surface area contributed by atoms with Gasteiger partial charge in [-0.3, -0.25) is 4.79 Å². The average Bonchev–Trinajstić information content (AvgIpc) is 2.96. The van der Waals surface area contributed by atoms with Crippen LogP contribution in [0.1, 0.15) is 35.1 Å². The molecule has 2 aromatic carbocycles. The van der Waals surface area contributed by atoms with E-state index in [0.717, 1.165) is 36.2 Å². The molecule has 0 fully saturated rings. The first-order valence-corrected chi connectivity index (χ1v) is 8.51. The summed E-state index contributed by atoms with van der Waals surface area (Å²) in [6.07, 6.45) is 3.42. The van der Waals surface area contributed by atoms with Crippen molar-refractivity contribution in [3.63, 3.8) is 0 Å². The highest BCUT2D eigenvalue weighted by Crippen LogP contribution is 2.17. The van der Waals surface area contributed by atoms with Gasteiger partial charge >= 0.3 is 0 Å². The number of benzene rings is 2. The van der Waals surface area contributed by atoms with Crippen molar-refractivity contribution in [2.45, 2.75) is 33.2 Å². The average molecular weight is 334 g/mol. The van der Waals surface area contributed by atoms with Gasteiger partial charge in [0.25, 0.3) is 5.91 Å². The van der Waals surface area contributed by atoms with Gasteiger partial charge in [-0.15, -0.1) is 0 Å². The minimum absolute atomic E-state index is 0.221. The standard InChI is InChI=1S/C20H22N4O/c1-3-24-15(2)22-18-14-17(11-12-19(18)24)20(25)23-21-13-7-10-16-8-5-4-6-9-16/h4-6,8-9,11-14H,3,7,10H2,1-2H3,(H,23,25)/b21-13-. The smallest absolute Gasteiger partial charge is 0.271 e. The molecule has 1 aromatic heterocycles. The summed E-state index contributed by atoms with van der Waals surface area (Å²) in [5.74, 6) is 0.732. The fourth-order valence-electron chi connectivity index (χ4n) is 2.90. The maximum Gasteiger partial charge on any atom is 0.271 e. The Kier molecular flexibility index (Phi) is 5.23. The summed E-state index contributed by atoms with van der Waals surface area (Å²) < 4.78 is 2.12. The zero-order chi connectivity index (χ0) is 17.6. The van der Waals surface area contributed by atoms with Crippen LogP contribution in [0.4, 0.5) is 0 Å². The number of aryl methyl sites for hydroxylation is 3. The van der Waals surface area contributed by atoms with Crippen LogP contribution in [0.3, 0.4) is 0 Å². The number of carbonyl (C=O) groups is 1. The molecule has 0 saturated carbocycles. The van der Waals surface area contributed by atoms with Crippen LogP contribution in [0.15, 0.2) is 53.6 Å². The molecule has 128 valence electrons.